The molecule has 0 atom stereocenters. The monoisotopic (exact) mass is 659 g/mol. The summed E-state index contributed by atoms with van der Waals surface area (Å²) in [5.41, 5.74) is 2.43. The highest BCUT2D eigenvalue weighted by molar-refractivity contribution is 7.99. The number of methoxy groups -OCH3 is 2. The van der Waals surface area contributed by atoms with E-state index in [4.69, 9.17) is 18.9 Å². The highest BCUT2D eigenvalue weighted by Gasteiger charge is 2.26. The molecule has 12 nitrogen and oxygen atoms in total. The molecule has 0 fully saturated rings. The van der Waals surface area contributed by atoms with Gasteiger partial charge in [0, 0.05) is 24.1 Å². The zero-order valence-electron chi connectivity index (χ0n) is 26.3. The maximum absolute atomic E-state index is 15.3. The number of carbonyl (C=O) groups excluding carboxylic acids is 1. The minimum absolute atomic E-state index is 0.00923. The van der Waals surface area contributed by atoms with Gasteiger partial charge in [0.25, 0.3) is 5.91 Å². The largest absolute Gasteiger partial charge is 0.497 e. The van der Waals surface area contributed by atoms with Crippen molar-refractivity contribution in [2.45, 2.75) is 18.4 Å². The van der Waals surface area contributed by atoms with E-state index in [-0.39, 0.29) is 36.2 Å². The Morgan fingerprint density at radius 2 is 1.49 bits per heavy atom. The van der Waals surface area contributed by atoms with Gasteiger partial charge < -0.3 is 29.2 Å². The van der Waals surface area contributed by atoms with Gasteiger partial charge in [-0.25, -0.2) is 4.39 Å². The fraction of sp³-hybridized carbons (Fsp3) is 0.242. The van der Waals surface area contributed by atoms with Crippen LogP contribution >= 0.6 is 11.8 Å². The molecule has 2 N–H and O–H groups in total. The van der Waals surface area contributed by atoms with Crippen molar-refractivity contribution in [1.29, 1.82) is 0 Å². The van der Waals surface area contributed by atoms with Crippen LogP contribution in [0.3, 0.4) is 0 Å². The summed E-state index contributed by atoms with van der Waals surface area (Å²) in [7, 11) is 7.12. The van der Waals surface area contributed by atoms with E-state index in [1.807, 2.05) is 67.5 Å². The lowest BCUT2D eigenvalue weighted by Gasteiger charge is -2.17. The number of halogens is 1. The second-order valence-electron chi connectivity index (χ2n) is 10.4. The van der Waals surface area contributed by atoms with Gasteiger partial charge in [-0.15, -0.1) is 5.10 Å². The molecule has 0 bridgehead atoms. The molecule has 0 aliphatic heterocycles. The van der Waals surface area contributed by atoms with Crippen molar-refractivity contribution in [3.05, 3.63) is 95.4 Å². The van der Waals surface area contributed by atoms with Crippen LogP contribution in [0.2, 0.25) is 0 Å². The van der Waals surface area contributed by atoms with E-state index < -0.39 is 11.7 Å². The molecule has 47 heavy (non-hydrogen) atoms. The molecule has 0 saturated carbocycles. The molecule has 5 aromatic rings. The molecule has 3 aromatic carbocycles. The standard InChI is InChI=1S/C33H34FN7O5S/c1-41(2)15-16-47-33-37-31(45-19-21-5-10-24(43-3)11-6-21)29(32(38-33)46-20-22-7-12-25(44-4)13-8-22)30(42)36-27-14-9-23(17-26(27)34)28-18-35-40-39-28/h5-14,17-18H,15-16,19-20H2,1-4H3,(H,36,42)(H,35,39,40). The first kappa shape index (κ1) is 33.2. The Morgan fingerprint density at radius 3 is 1.98 bits per heavy atom. The van der Waals surface area contributed by atoms with E-state index in [2.05, 4.69) is 30.7 Å². The van der Waals surface area contributed by atoms with E-state index in [1.165, 1.54) is 23.9 Å². The summed E-state index contributed by atoms with van der Waals surface area (Å²) in [5, 5.41) is 13.2. The first-order chi connectivity index (χ1) is 22.8. The van der Waals surface area contributed by atoms with E-state index in [0.29, 0.717) is 33.7 Å². The molecule has 1 amide bonds. The molecule has 0 spiro atoms. The maximum Gasteiger partial charge on any atom is 0.266 e. The predicted octanol–water partition coefficient (Wildman–Crippen LogP) is 5.48. The van der Waals surface area contributed by atoms with Crippen molar-refractivity contribution in [2.24, 2.45) is 0 Å². The lowest BCUT2D eigenvalue weighted by atomic mass is 10.1. The number of carbonyl (C=O) groups is 1. The lowest BCUT2D eigenvalue weighted by Crippen LogP contribution is -2.19. The van der Waals surface area contributed by atoms with Crippen LogP contribution in [0.1, 0.15) is 21.5 Å². The van der Waals surface area contributed by atoms with E-state index in [0.717, 1.165) is 17.7 Å². The van der Waals surface area contributed by atoms with Crippen molar-refractivity contribution in [3.63, 3.8) is 0 Å². The Kier molecular flexibility index (Phi) is 11.2. The minimum Gasteiger partial charge on any atom is -0.497 e. The van der Waals surface area contributed by atoms with Crippen LogP contribution < -0.4 is 24.3 Å². The number of hydrogen-bond acceptors (Lipinski definition) is 11. The maximum atomic E-state index is 15.3. The van der Waals surface area contributed by atoms with Gasteiger partial charge in [0.05, 0.1) is 19.9 Å². The van der Waals surface area contributed by atoms with Crippen LogP contribution in [0.25, 0.3) is 11.3 Å². The third kappa shape index (κ3) is 8.95. The zero-order chi connectivity index (χ0) is 33.2. The van der Waals surface area contributed by atoms with Gasteiger partial charge in [0.15, 0.2) is 10.7 Å². The van der Waals surface area contributed by atoms with Crippen LogP contribution in [0.5, 0.6) is 23.3 Å². The SMILES string of the molecule is COc1ccc(COc2nc(SCCN(C)C)nc(OCc3ccc(OC)cc3)c2C(=O)Nc2ccc(-c3c[nH]nn3)cc2F)cc1. The number of ether oxygens (including phenoxy) is 4. The summed E-state index contributed by atoms with van der Waals surface area (Å²) >= 11 is 1.40. The van der Waals surface area contributed by atoms with Crippen molar-refractivity contribution in [3.8, 4) is 34.5 Å². The molecule has 5 rings (SSSR count). The molecule has 0 radical (unpaired) electrons. The van der Waals surface area contributed by atoms with Crippen molar-refractivity contribution in [2.75, 3.05) is 45.9 Å². The third-order valence-electron chi connectivity index (χ3n) is 6.82. The highest BCUT2D eigenvalue weighted by Crippen LogP contribution is 2.32. The van der Waals surface area contributed by atoms with Crippen LogP contribution in [0, 0.1) is 5.82 Å². The molecule has 14 heteroatoms. The Bertz CT molecular complexity index is 1700. The Labute approximate surface area is 275 Å². The Hall–Kier alpha value is -5.21. The van der Waals surface area contributed by atoms with Gasteiger partial charge in [-0.05, 0) is 61.6 Å². The number of nitrogens with one attached hydrogen (secondary N) is 2. The van der Waals surface area contributed by atoms with Crippen LogP contribution in [0.4, 0.5) is 10.1 Å². The summed E-state index contributed by atoms with van der Waals surface area (Å²) in [5.74, 6) is 0.671. The van der Waals surface area contributed by atoms with Crippen LogP contribution in [-0.4, -0.2) is 76.8 Å². The fourth-order valence-electron chi connectivity index (χ4n) is 4.24. The molecular formula is C33H34FN7O5S. The number of aromatic nitrogens is 5. The molecular weight excluding hydrogens is 625 g/mol. The second-order valence-corrected chi connectivity index (χ2v) is 11.5. The molecule has 2 aromatic heterocycles. The van der Waals surface area contributed by atoms with Crippen molar-refractivity contribution in [1.82, 2.24) is 30.3 Å². The summed E-state index contributed by atoms with van der Waals surface area (Å²) in [6.45, 7) is 0.938. The van der Waals surface area contributed by atoms with Gasteiger partial charge in [-0.3, -0.25) is 9.89 Å². The predicted molar refractivity (Wildman–Crippen MR) is 176 cm³/mol. The normalized spacial score (nSPS) is 10.9. The smallest absolute Gasteiger partial charge is 0.266 e. The summed E-state index contributed by atoms with van der Waals surface area (Å²) in [6, 6.07) is 19.0. The van der Waals surface area contributed by atoms with Gasteiger partial charge in [0.2, 0.25) is 11.8 Å². The number of amides is 1. The topological polar surface area (TPSA) is 137 Å². The average Bonchev–Trinajstić information content (AvgIpc) is 3.63. The Morgan fingerprint density at radius 1 is 0.894 bits per heavy atom. The zero-order valence-corrected chi connectivity index (χ0v) is 27.1. The number of benzene rings is 3. The van der Waals surface area contributed by atoms with Gasteiger partial charge >= 0.3 is 0 Å². The molecule has 0 aliphatic rings. The van der Waals surface area contributed by atoms with Crippen molar-refractivity contribution < 1.29 is 28.1 Å². The minimum atomic E-state index is -0.711. The fourth-order valence-corrected chi connectivity index (χ4v) is 5.17. The number of rotatable bonds is 15. The average molecular weight is 660 g/mol. The Balaban J connectivity index is 1.49. The molecule has 0 aliphatic carbocycles. The highest BCUT2D eigenvalue weighted by atomic mass is 32.2. The first-order valence-corrected chi connectivity index (χ1v) is 15.5. The van der Waals surface area contributed by atoms with E-state index in [9.17, 15) is 4.79 Å². The van der Waals surface area contributed by atoms with Gasteiger partial charge in [-0.1, -0.05) is 47.3 Å². The number of aromatic amines is 1. The van der Waals surface area contributed by atoms with Crippen LogP contribution in [-0.2, 0) is 13.2 Å². The summed E-state index contributed by atoms with van der Waals surface area (Å²) < 4.78 is 38.1. The second kappa shape index (κ2) is 15.9. The summed E-state index contributed by atoms with van der Waals surface area (Å²) in [6.07, 6.45) is 1.54. The third-order valence-corrected chi connectivity index (χ3v) is 7.65. The summed E-state index contributed by atoms with van der Waals surface area (Å²) in [4.78, 5) is 25.2. The molecule has 2 heterocycles. The number of nitrogens with zero attached hydrogens (tertiary/aromatic N) is 5. The number of H-pyrrole nitrogens is 1. The van der Waals surface area contributed by atoms with Crippen LogP contribution in [0.15, 0.2) is 78.1 Å². The lowest BCUT2D eigenvalue weighted by molar-refractivity contribution is 0.101. The number of thioether (sulfide) groups is 1. The van der Waals surface area contributed by atoms with Crippen molar-refractivity contribution >= 4 is 23.4 Å². The number of hydrogen-bond donors (Lipinski definition) is 2. The van der Waals surface area contributed by atoms with E-state index in [1.54, 1.807) is 26.5 Å². The molecule has 244 valence electrons. The number of anilines is 1. The molecule has 0 saturated heterocycles. The van der Waals surface area contributed by atoms with E-state index >= 15 is 4.39 Å². The first-order valence-electron chi connectivity index (χ1n) is 14.5. The van der Waals surface area contributed by atoms with Gasteiger partial charge in [-0.2, -0.15) is 9.97 Å². The van der Waals surface area contributed by atoms with Gasteiger partial charge in [0.1, 0.15) is 36.2 Å². The quantitative estimate of drug-likeness (QED) is 0.109. The molecule has 0 unspecified atom stereocenters.